The van der Waals surface area contributed by atoms with Crippen molar-refractivity contribution in [3.8, 4) is 17.3 Å². The van der Waals surface area contributed by atoms with Gasteiger partial charge in [0.05, 0.1) is 28.5 Å². The summed E-state index contributed by atoms with van der Waals surface area (Å²) in [4.78, 5) is 4.47. The minimum Gasteiger partial charge on any atom is -0.316 e. The molecule has 1 aromatic carbocycles. The molecule has 0 radical (unpaired) electrons. The van der Waals surface area contributed by atoms with Gasteiger partial charge in [0.15, 0.2) is 0 Å². The first kappa shape index (κ1) is 11.0. The Morgan fingerprint density at radius 1 is 1.20 bits per heavy atom. The average Bonchev–Trinajstić information content (AvgIpc) is 2.75. The molecule has 0 fully saturated rings. The Kier molecular flexibility index (Phi) is 2.24. The van der Waals surface area contributed by atoms with Crippen molar-refractivity contribution >= 4 is 17.1 Å². The predicted molar refractivity (Wildman–Crippen MR) is 78.9 cm³/mol. The fourth-order valence-electron chi connectivity index (χ4n) is 2.76. The molecule has 3 aromatic rings. The van der Waals surface area contributed by atoms with Crippen molar-refractivity contribution in [3.63, 3.8) is 0 Å². The zero-order chi connectivity index (χ0) is 13.5. The Labute approximate surface area is 116 Å². The lowest BCUT2D eigenvalue weighted by molar-refractivity contribution is 1.12. The standard InChI is InChI=1S/C17H11N3/c18-11-12-5-6-13-10-17-14-3-1-7-19-15(14)4-2-8-20(17)16(13)9-12/h1-3,5-10H,4H2. The summed E-state index contributed by atoms with van der Waals surface area (Å²) in [5.41, 5.74) is 5.12. The number of pyridine rings is 1. The van der Waals surface area contributed by atoms with Crippen molar-refractivity contribution < 1.29 is 0 Å². The summed E-state index contributed by atoms with van der Waals surface area (Å²) in [5.74, 6) is 0. The van der Waals surface area contributed by atoms with Crippen LogP contribution in [0, 0.1) is 11.3 Å². The predicted octanol–water partition coefficient (Wildman–Crippen LogP) is 3.60. The third-order valence-electron chi connectivity index (χ3n) is 3.70. The van der Waals surface area contributed by atoms with Gasteiger partial charge in [-0.05, 0) is 30.3 Å². The average molecular weight is 257 g/mol. The molecule has 94 valence electrons. The van der Waals surface area contributed by atoms with Gasteiger partial charge in [0, 0.05) is 29.8 Å². The molecule has 4 rings (SSSR count). The first-order valence-electron chi connectivity index (χ1n) is 6.53. The molecule has 0 atom stereocenters. The number of hydrogen-bond donors (Lipinski definition) is 0. The number of nitriles is 1. The number of nitrogens with zero attached hydrogens (tertiary/aromatic N) is 3. The highest BCUT2D eigenvalue weighted by Gasteiger charge is 2.15. The first-order chi connectivity index (χ1) is 9.86. The van der Waals surface area contributed by atoms with Gasteiger partial charge in [0.2, 0.25) is 0 Å². The van der Waals surface area contributed by atoms with E-state index < -0.39 is 0 Å². The quantitative estimate of drug-likeness (QED) is 0.617. The topological polar surface area (TPSA) is 41.6 Å². The van der Waals surface area contributed by atoms with Gasteiger partial charge < -0.3 is 4.57 Å². The van der Waals surface area contributed by atoms with Crippen LogP contribution in [0.2, 0.25) is 0 Å². The normalized spacial score (nSPS) is 12.6. The van der Waals surface area contributed by atoms with Crippen molar-refractivity contribution in [1.29, 1.82) is 5.26 Å². The van der Waals surface area contributed by atoms with Crippen LogP contribution >= 0.6 is 0 Å². The maximum absolute atomic E-state index is 9.06. The lowest BCUT2D eigenvalue weighted by atomic mass is 10.1. The molecule has 3 heterocycles. The maximum Gasteiger partial charge on any atom is 0.0992 e. The molecule has 0 spiro atoms. The molecule has 3 heteroatoms. The van der Waals surface area contributed by atoms with E-state index in [0.717, 1.165) is 34.3 Å². The zero-order valence-electron chi connectivity index (χ0n) is 10.7. The SMILES string of the molecule is N#Cc1ccc2cc3n(c2c1)C=CCc1ncccc1-3. The molecule has 0 saturated heterocycles. The smallest absolute Gasteiger partial charge is 0.0992 e. The lowest BCUT2D eigenvalue weighted by Crippen LogP contribution is -1.92. The minimum absolute atomic E-state index is 0.683. The first-order valence-corrected chi connectivity index (χ1v) is 6.53. The number of rotatable bonds is 0. The van der Waals surface area contributed by atoms with Crippen LogP contribution in [0.5, 0.6) is 0 Å². The van der Waals surface area contributed by atoms with Crippen LogP contribution in [-0.4, -0.2) is 9.55 Å². The monoisotopic (exact) mass is 257 g/mol. The second kappa shape index (κ2) is 4.07. The van der Waals surface area contributed by atoms with Gasteiger partial charge in [-0.2, -0.15) is 5.26 Å². The second-order valence-electron chi connectivity index (χ2n) is 4.87. The van der Waals surface area contributed by atoms with Gasteiger partial charge in [-0.25, -0.2) is 0 Å². The highest BCUT2D eigenvalue weighted by molar-refractivity contribution is 5.91. The third kappa shape index (κ3) is 1.49. The molecule has 1 aliphatic heterocycles. The molecular weight excluding hydrogens is 246 g/mol. The van der Waals surface area contributed by atoms with Gasteiger partial charge in [-0.15, -0.1) is 0 Å². The van der Waals surface area contributed by atoms with Crippen molar-refractivity contribution in [3.05, 3.63) is 59.9 Å². The van der Waals surface area contributed by atoms with Gasteiger partial charge in [-0.1, -0.05) is 12.1 Å². The van der Waals surface area contributed by atoms with E-state index in [4.69, 9.17) is 5.26 Å². The van der Waals surface area contributed by atoms with Crippen LogP contribution in [0.4, 0.5) is 0 Å². The Morgan fingerprint density at radius 2 is 2.15 bits per heavy atom. The number of benzene rings is 1. The van der Waals surface area contributed by atoms with Crippen molar-refractivity contribution in [1.82, 2.24) is 9.55 Å². The minimum atomic E-state index is 0.683. The van der Waals surface area contributed by atoms with Crippen LogP contribution in [0.15, 0.2) is 48.7 Å². The van der Waals surface area contributed by atoms with E-state index in [-0.39, 0.29) is 0 Å². The summed E-state index contributed by atoms with van der Waals surface area (Å²) in [6, 6.07) is 14.2. The van der Waals surface area contributed by atoms with Crippen molar-refractivity contribution in [2.45, 2.75) is 6.42 Å². The molecule has 20 heavy (non-hydrogen) atoms. The van der Waals surface area contributed by atoms with E-state index in [9.17, 15) is 0 Å². The highest BCUT2D eigenvalue weighted by atomic mass is 15.0. The summed E-state index contributed by atoms with van der Waals surface area (Å²) in [7, 11) is 0. The lowest BCUT2D eigenvalue weighted by Gasteiger charge is -2.05. The molecule has 0 saturated carbocycles. The summed E-state index contributed by atoms with van der Waals surface area (Å²) in [6.07, 6.45) is 6.84. The van der Waals surface area contributed by atoms with Crippen LogP contribution in [-0.2, 0) is 6.42 Å². The zero-order valence-corrected chi connectivity index (χ0v) is 10.7. The molecule has 0 amide bonds. The van der Waals surface area contributed by atoms with E-state index >= 15 is 0 Å². The fraction of sp³-hybridized carbons (Fsp3) is 0.0588. The summed E-state index contributed by atoms with van der Waals surface area (Å²) in [5, 5.41) is 10.2. The molecule has 0 bridgehead atoms. The molecule has 0 unspecified atom stereocenters. The molecule has 3 nitrogen and oxygen atoms in total. The molecule has 0 aliphatic carbocycles. The summed E-state index contributed by atoms with van der Waals surface area (Å²) < 4.78 is 2.14. The molecule has 1 aliphatic rings. The number of allylic oxidation sites excluding steroid dienone is 1. The summed E-state index contributed by atoms with van der Waals surface area (Å²) in [6.45, 7) is 0. The van der Waals surface area contributed by atoms with E-state index in [1.807, 2.05) is 30.5 Å². The van der Waals surface area contributed by atoms with Gasteiger partial charge in [0.25, 0.3) is 0 Å². The Bertz CT molecular complexity index is 894. The van der Waals surface area contributed by atoms with Crippen molar-refractivity contribution in [2.75, 3.05) is 0 Å². The third-order valence-corrected chi connectivity index (χ3v) is 3.70. The Morgan fingerprint density at radius 3 is 3.05 bits per heavy atom. The number of fused-ring (bicyclic) bond motifs is 5. The number of aromatic nitrogens is 2. The molecule has 0 N–H and O–H groups in total. The maximum atomic E-state index is 9.06. The molecule has 2 aromatic heterocycles. The van der Waals surface area contributed by atoms with Gasteiger partial charge >= 0.3 is 0 Å². The molecular formula is C17H11N3. The second-order valence-corrected chi connectivity index (χ2v) is 4.87. The largest absolute Gasteiger partial charge is 0.316 e. The van der Waals surface area contributed by atoms with E-state index in [0.29, 0.717) is 5.56 Å². The Balaban J connectivity index is 2.10. The van der Waals surface area contributed by atoms with Crippen LogP contribution < -0.4 is 0 Å². The highest BCUT2D eigenvalue weighted by Crippen LogP contribution is 2.32. The van der Waals surface area contributed by atoms with Crippen LogP contribution in [0.1, 0.15) is 11.3 Å². The van der Waals surface area contributed by atoms with Crippen molar-refractivity contribution in [2.24, 2.45) is 0 Å². The van der Waals surface area contributed by atoms with Crippen LogP contribution in [0.3, 0.4) is 0 Å². The summed E-state index contributed by atoms with van der Waals surface area (Å²) >= 11 is 0. The van der Waals surface area contributed by atoms with E-state index in [1.165, 1.54) is 0 Å². The van der Waals surface area contributed by atoms with E-state index in [1.54, 1.807) is 0 Å². The van der Waals surface area contributed by atoms with Gasteiger partial charge in [0.1, 0.15) is 0 Å². The van der Waals surface area contributed by atoms with Gasteiger partial charge in [-0.3, -0.25) is 4.98 Å². The van der Waals surface area contributed by atoms with Crippen LogP contribution in [0.25, 0.3) is 28.4 Å². The van der Waals surface area contributed by atoms with E-state index in [2.05, 4.69) is 40.0 Å². The fourth-order valence-corrected chi connectivity index (χ4v) is 2.76. The number of hydrogen-bond acceptors (Lipinski definition) is 2. The Hall–Kier alpha value is -2.86.